The van der Waals surface area contributed by atoms with Crippen molar-refractivity contribution < 1.29 is 9.18 Å². The maximum absolute atomic E-state index is 13.2. The Balaban J connectivity index is 2.18. The molecule has 0 aliphatic carbocycles. The Kier molecular flexibility index (Phi) is 4.84. The quantitative estimate of drug-likeness (QED) is 0.853. The summed E-state index contributed by atoms with van der Waals surface area (Å²) in [7, 11) is 0. The summed E-state index contributed by atoms with van der Waals surface area (Å²) in [4.78, 5) is 18.3. The van der Waals surface area contributed by atoms with Crippen molar-refractivity contribution in [3.63, 3.8) is 0 Å². The Bertz CT molecular complexity index is 604. The predicted octanol–water partition coefficient (Wildman–Crippen LogP) is 3.65. The van der Waals surface area contributed by atoms with Gasteiger partial charge in [0.05, 0.1) is 16.7 Å². The van der Waals surface area contributed by atoms with E-state index in [0.29, 0.717) is 18.7 Å². The van der Waals surface area contributed by atoms with Crippen LogP contribution in [-0.2, 0) is 6.54 Å². The molecule has 0 aliphatic heterocycles. The Morgan fingerprint density at radius 3 is 2.75 bits per heavy atom. The molecule has 2 aromatic rings. The summed E-state index contributed by atoms with van der Waals surface area (Å²) in [5.74, 6) is -0.520. The minimum absolute atomic E-state index is 0.140. The van der Waals surface area contributed by atoms with Crippen LogP contribution in [-0.4, -0.2) is 22.3 Å². The second kappa shape index (κ2) is 6.61. The van der Waals surface area contributed by atoms with Gasteiger partial charge in [-0.15, -0.1) is 0 Å². The van der Waals surface area contributed by atoms with Gasteiger partial charge in [-0.3, -0.25) is 9.78 Å². The van der Waals surface area contributed by atoms with Crippen LogP contribution < -0.4 is 0 Å². The minimum atomic E-state index is -0.380. The lowest BCUT2D eigenvalue weighted by molar-refractivity contribution is 0.0750. The Labute approximate surface area is 125 Å². The second-order valence-electron chi connectivity index (χ2n) is 4.27. The van der Waals surface area contributed by atoms with Crippen molar-refractivity contribution in [2.24, 2.45) is 0 Å². The molecule has 1 aromatic carbocycles. The number of amides is 1. The maximum atomic E-state index is 13.2. The van der Waals surface area contributed by atoms with E-state index in [1.54, 1.807) is 11.1 Å². The van der Waals surface area contributed by atoms with E-state index < -0.39 is 0 Å². The number of benzene rings is 1. The summed E-state index contributed by atoms with van der Waals surface area (Å²) in [6, 6.07) is 9.86. The summed E-state index contributed by atoms with van der Waals surface area (Å²) in [6.07, 6.45) is 1.70. The summed E-state index contributed by atoms with van der Waals surface area (Å²) < 4.78 is 13.5. The van der Waals surface area contributed by atoms with E-state index in [-0.39, 0.29) is 16.2 Å². The fourth-order valence-electron chi connectivity index (χ4n) is 1.83. The Morgan fingerprint density at radius 2 is 2.15 bits per heavy atom. The van der Waals surface area contributed by atoms with Crippen molar-refractivity contribution in [2.45, 2.75) is 13.5 Å². The molecule has 0 fully saturated rings. The molecule has 1 heterocycles. The molecule has 0 unspecified atom stereocenters. The largest absolute Gasteiger partial charge is 0.333 e. The van der Waals surface area contributed by atoms with Crippen LogP contribution in [0.5, 0.6) is 0 Å². The highest BCUT2D eigenvalue weighted by Crippen LogP contribution is 2.18. The zero-order chi connectivity index (χ0) is 14.5. The van der Waals surface area contributed by atoms with E-state index in [9.17, 15) is 9.18 Å². The predicted molar refractivity (Wildman–Crippen MR) is 78.8 cm³/mol. The molecule has 5 heteroatoms. The molecule has 0 N–H and O–H groups in total. The number of pyridine rings is 1. The zero-order valence-electron chi connectivity index (χ0n) is 11.0. The first-order valence-corrected chi connectivity index (χ1v) is 7.05. The molecule has 20 heavy (non-hydrogen) atoms. The summed E-state index contributed by atoms with van der Waals surface area (Å²) in [5, 5.41) is 0. The van der Waals surface area contributed by atoms with Gasteiger partial charge in [0.2, 0.25) is 0 Å². The van der Waals surface area contributed by atoms with Crippen LogP contribution in [0.25, 0.3) is 0 Å². The van der Waals surface area contributed by atoms with Crippen LogP contribution in [0.4, 0.5) is 4.39 Å². The molecule has 0 spiro atoms. The van der Waals surface area contributed by atoms with E-state index in [4.69, 9.17) is 0 Å². The third-order valence-electron chi connectivity index (χ3n) is 2.91. The topological polar surface area (TPSA) is 33.2 Å². The molecule has 0 radical (unpaired) electrons. The van der Waals surface area contributed by atoms with Gasteiger partial charge in [-0.1, -0.05) is 6.07 Å². The molecule has 2 rings (SSSR count). The molecule has 104 valence electrons. The van der Waals surface area contributed by atoms with Gasteiger partial charge >= 0.3 is 0 Å². The van der Waals surface area contributed by atoms with Crippen LogP contribution in [0.2, 0.25) is 0 Å². The average molecular weight is 337 g/mol. The number of carbonyl (C=O) groups is 1. The van der Waals surface area contributed by atoms with E-state index >= 15 is 0 Å². The van der Waals surface area contributed by atoms with Crippen LogP contribution in [0.15, 0.2) is 47.1 Å². The number of rotatable bonds is 4. The number of hydrogen-bond donors (Lipinski definition) is 0. The van der Waals surface area contributed by atoms with Gasteiger partial charge < -0.3 is 4.90 Å². The average Bonchev–Trinajstić information content (AvgIpc) is 2.48. The van der Waals surface area contributed by atoms with Crippen molar-refractivity contribution in [3.8, 4) is 0 Å². The normalized spacial score (nSPS) is 10.3. The Morgan fingerprint density at radius 1 is 1.35 bits per heavy atom. The van der Waals surface area contributed by atoms with E-state index in [1.165, 1.54) is 18.2 Å². The minimum Gasteiger partial charge on any atom is -0.333 e. The molecule has 1 aromatic heterocycles. The van der Waals surface area contributed by atoms with Crippen LogP contribution >= 0.6 is 15.9 Å². The molecule has 0 aliphatic rings. The van der Waals surface area contributed by atoms with Gasteiger partial charge in [0, 0.05) is 18.3 Å². The third kappa shape index (κ3) is 3.42. The standard InChI is InChI=1S/C15H14BrFN2O/c1-2-19(10-12-5-3-4-8-18-12)15(20)11-6-7-14(17)13(16)9-11/h3-9H,2,10H2,1H3. The molecular weight excluding hydrogens is 323 g/mol. The molecular formula is C15H14BrFN2O. The number of nitrogens with zero attached hydrogens (tertiary/aromatic N) is 2. The van der Waals surface area contributed by atoms with Crippen molar-refractivity contribution in [2.75, 3.05) is 6.54 Å². The molecule has 1 amide bonds. The molecule has 0 atom stereocenters. The SMILES string of the molecule is CCN(Cc1ccccn1)C(=O)c1ccc(F)c(Br)c1. The fourth-order valence-corrected chi connectivity index (χ4v) is 2.20. The highest BCUT2D eigenvalue weighted by atomic mass is 79.9. The fraction of sp³-hybridized carbons (Fsp3) is 0.200. The van der Waals surface area contributed by atoms with Crippen molar-refractivity contribution in [1.29, 1.82) is 0 Å². The number of hydrogen-bond acceptors (Lipinski definition) is 2. The van der Waals surface area contributed by atoms with E-state index in [0.717, 1.165) is 5.69 Å². The summed E-state index contributed by atoms with van der Waals surface area (Å²) in [5.41, 5.74) is 1.28. The second-order valence-corrected chi connectivity index (χ2v) is 5.12. The highest BCUT2D eigenvalue weighted by molar-refractivity contribution is 9.10. The molecule has 0 saturated carbocycles. The number of aromatic nitrogens is 1. The highest BCUT2D eigenvalue weighted by Gasteiger charge is 2.16. The lowest BCUT2D eigenvalue weighted by Crippen LogP contribution is -2.30. The smallest absolute Gasteiger partial charge is 0.254 e. The zero-order valence-corrected chi connectivity index (χ0v) is 12.6. The molecule has 0 bridgehead atoms. The molecule has 0 saturated heterocycles. The van der Waals surface area contributed by atoms with Crippen LogP contribution in [0.3, 0.4) is 0 Å². The van der Waals surface area contributed by atoms with Gasteiger partial charge in [-0.25, -0.2) is 4.39 Å². The van der Waals surface area contributed by atoms with Crippen LogP contribution in [0.1, 0.15) is 23.0 Å². The van der Waals surface area contributed by atoms with Crippen LogP contribution in [0, 0.1) is 5.82 Å². The van der Waals surface area contributed by atoms with Gasteiger partial charge in [0.25, 0.3) is 5.91 Å². The van der Waals surface area contributed by atoms with Crippen molar-refractivity contribution in [1.82, 2.24) is 9.88 Å². The van der Waals surface area contributed by atoms with Gasteiger partial charge in [0.1, 0.15) is 5.82 Å². The first kappa shape index (κ1) is 14.7. The summed E-state index contributed by atoms with van der Waals surface area (Å²) in [6.45, 7) is 2.90. The van der Waals surface area contributed by atoms with Gasteiger partial charge in [0.15, 0.2) is 0 Å². The van der Waals surface area contributed by atoms with E-state index in [2.05, 4.69) is 20.9 Å². The summed E-state index contributed by atoms with van der Waals surface area (Å²) >= 11 is 3.09. The monoisotopic (exact) mass is 336 g/mol. The van der Waals surface area contributed by atoms with Gasteiger partial charge in [-0.2, -0.15) is 0 Å². The number of halogens is 2. The van der Waals surface area contributed by atoms with Gasteiger partial charge in [-0.05, 0) is 53.2 Å². The third-order valence-corrected chi connectivity index (χ3v) is 3.52. The maximum Gasteiger partial charge on any atom is 0.254 e. The first-order chi connectivity index (χ1) is 9.61. The Hall–Kier alpha value is -1.75. The van der Waals surface area contributed by atoms with E-state index in [1.807, 2.05) is 25.1 Å². The first-order valence-electron chi connectivity index (χ1n) is 6.26. The lowest BCUT2D eigenvalue weighted by Gasteiger charge is -2.20. The van der Waals surface area contributed by atoms with Crippen molar-refractivity contribution in [3.05, 3.63) is 64.1 Å². The number of carbonyl (C=O) groups excluding carboxylic acids is 1. The van der Waals surface area contributed by atoms with Crippen molar-refractivity contribution >= 4 is 21.8 Å². The lowest BCUT2D eigenvalue weighted by atomic mass is 10.2. The molecule has 3 nitrogen and oxygen atoms in total.